The molecule has 15 heavy (non-hydrogen) atoms. The van der Waals surface area contributed by atoms with E-state index >= 15 is 0 Å². The maximum atomic E-state index is 12.4. The van der Waals surface area contributed by atoms with Crippen molar-refractivity contribution in [2.24, 2.45) is 5.92 Å². The molecule has 1 radical (unpaired) electrons. The minimum absolute atomic E-state index is 0.0769. The molecule has 0 spiro atoms. The average Bonchev–Trinajstić information content (AvgIpc) is 2.67. The highest BCUT2D eigenvalue weighted by molar-refractivity contribution is 5.46. The topological polar surface area (TPSA) is 3.24 Å². The predicted molar refractivity (Wildman–Crippen MR) is 51.7 cm³/mol. The molecule has 1 fully saturated rings. The van der Waals surface area contributed by atoms with Crippen LogP contribution in [0.2, 0.25) is 0 Å². The van der Waals surface area contributed by atoms with E-state index in [0.29, 0.717) is 6.54 Å². The summed E-state index contributed by atoms with van der Waals surface area (Å²) in [5.74, 6) is -1.18. The molecule has 1 aliphatic heterocycles. The van der Waals surface area contributed by atoms with Crippen molar-refractivity contribution in [2.45, 2.75) is 12.6 Å². The van der Waals surface area contributed by atoms with Crippen molar-refractivity contribution in [1.82, 2.24) is 0 Å². The van der Waals surface area contributed by atoms with Gasteiger partial charge in [-0.05, 0) is 24.6 Å². The third-order valence-corrected chi connectivity index (χ3v) is 2.72. The van der Waals surface area contributed by atoms with E-state index in [-0.39, 0.29) is 13.0 Å². The van der Waals surface area contributed by atoms with E-state index in [4.69, 9.17) is 0 Å². The molecule has 0 aromatic heterocycles. The Kier molecular flexibility index (Phi) is 2.59. The fourth-order valence-electron chi connectivity index (χ4n) is 1.85. The minimum atomic E-state index is -4.06. The van der Waals surface area contributed by atoms with Gasteiger partial charge in [0.15, 0.2) is 0 Å². The second-order valence-electron chi connectivity index (χ2n) is 3.73. The number of alkyl halides is 3. The van der Waals surface area contributed by atoms with Crippen LogP contribution in [0.4, 0.5) is 18.9 Å². The first-order valence-electron chi connectivity index (χ1n) is 4.85. The molecule has 1 aromatic carbocycles. The number of halogens is 3. The quantitative estimate of drug-likeness (QED) is 0.694. The van der Waals surface area contributed by atoms with Gasteiger partial charge in [-0.1, -0.05) is 12.1 Å². The Morgan fingerprint density at radius 1 is 1.27 bits per heavy atom. The summed E-state index contributed by atoms with van der Waals surface area (Å²) in [7, 11) is 0. The molecule has 81 valence electrons. The monoisotopic (exact) mass is 214 g/mol. The van der Waals surface area contributed by atoms with Crippen molar-refractivity contribution in [3.8, 4) is 0 Å². The molecule has 4 heteroatoms. The van der Waals surface area contributed by atoms with Gasteiger partial charge in [0.25, 0.3) is 0 Å². The lowest BCUT2D eigenvalue weighted by atomic mass is 10.1. The lowest BCUT2D eigenvalue weighted by Gasteiger charge is -2.19. The van der Waals surface area contributed by atoms with E-state index < -0.39 is 12.1 Å². The van der Waals surface area contributed by atoms with Crippen molar-refractivity contribution in [2.75, 3.05) is 18.0 Å². The number of benzene rings is 1. The SMILES string of the molecule is FC(F)(F)C1CCN(c2cc[c]cc2)C1. The third kappa shape index (κ3) is 2.25. The molecule has 1 saturated heterocycles. The van der Waals surface area contributed by atoms with Crippen molar-refractivity contribution in [3.05, 3.63) is 30.3 Å². The van der Waals surface area contributed by atoms with E-state index in [9.17, 15) is 13.2 Å². The maximum absolute atomic E-state index is 12.4. The molecular weight excluding hydrogens is 203 g/mol. The van der Waals surface area contributed by atoms with Crippen LogP contribution in [0.15, 0.2) is 24.3 Å². The Balaban J connectivity index is 2.05. The van der Waals surface area contributed by atoms with Crippen LogP contribution >= 0.6 is 0 Å². The summed E-state index contributed by atoms with van der Waals surface area (Å²) in [6, 6.07) is 9.87. The molecule has 0 saturated carbocycles. The highest BCUT2D eigenvalue weighted by Crippen LogP contribution is 2.35. The Bertz CT molecular complexity index is 320. The standard InChI is InChI=1S/C11H11F3N/c12-11(13,14)9-6-7-15(8-9)10-4-2-1-3-5-10/h2-5,9H,6-8H2. The lowest BCUT2D eigenvalue weighted by molar-refractivity contribution is -0.168. The van der Waals surface area contributed by atoms with Crippen molar-refractivity contribution in [1.29, 1.82) is 0 Å². The number of anilines is 1. The first-order chi connectivity index (χ1) is 7.07. The maximum Gasteiger partial charge on any atom is 0.393 e. The van der Waals surface area contributed by atoms with Crippen LogP contribution in [0.3, 0.4) is 0 Å². The first kappa shape index (κ1) is 10.3. The molecule has 1 atom stereocenters. The molecule has 1 aliphatic rings. The number of hydrogen-bond acceptors (Lipinski definition) is 1. The largest absolute Gasteiger partial charge is 0.393 e. The van der Waals surface area contributed by atoms with Crippen LogP contribution in [0.1, 0.15) is 6.42 Å². The Labute approximate surface area is 86.5 Å². The molecule has 0 N–H and O–H groups in total. The Hall–Kier alpha value is -1.19. The van der Waals surface area contributed by atoms with Crippen LogP contribution < -0.4 is 4.90 Å². The summed E-state index contributed by atoms with van der Waals surface area (Å²) in [6.45, 7) is 0.557. The average molecular weight is 214 g/mol. The van der Waals surface area contributed by atoms with Crippen LogP contribution in [0, 0.1) is 12.0 Å². The van der Waals surface area contributed by atoms with Gasteiger partial charge in [0, 0.05) is 18.8 Å². The van der Waals surface area contributed by atoms with E-state index in [0.717, 1.165) is 5.69 Å². The summed E-state index contributed by atoms with van der Waals surface area (Å²) >= 11 is 0. The zero-order valence-electron chi connectivity index (χ0n) is 8.09. The summed E-state index contributed by atoms with van der Waals surface area (Å²) in [4.78, 5) is 1.77. The summed E-state index contributed by atoms with van der Waals surface area (Å²) in [5, 5.41) is 0. The lowest BCUT2D eigenvalue weighted by Crippen LogP contribution is -2.27. The normalized spacial score (nSPS) is 22.1. The fraction of sp³-hybridized carbons (Fsp3) is 0.455. The molecule has 1 aromatic rings. The summed E-state index contributed by atoms with van der Waals surface area (Å²) in [5.41, 5.74) is 0.848. The molecule has 0 amide bonds. The molecule has 1 heterocycles. The van der Waals surface area contributed by atoms with E-state index in [1.54, 1.807) is 29.2 Å². The second-order valence-corrected chi connectivity index (χ2v) is 3.73. The predicted octanol–water partition coefficient (Wildman–Crippen LogP) is 2.88. The molecule has 0 aliphatic carbocycles. The highest BCUT2D eigenvalue weighted by Gasteiger charge is 2.43. The number of rotatable bonds is 1. The van der Waals surface area contributed by atoms with Gasteiger partial charge in [0.1, 0.15) is 0 Å². The van der Waals surface area contributed by atoms with E-state index in [2.05, 4.69) is 6.07 Å². The minimum Gasteiger partial charge on any atom is -0.371 e. The fourth-order valence-corrected chi connectivity index (χ4v) is 1.85. The van der Waals surface area contributed by atoms with Crippen molar-refractivity contribution >= 4 is 5.69 Å². The molecule has 1 unspecified atom stereocenters. The Morgan fingerprint density at radius 2 is 1.93 bits per heavy atom. The van der Waals surface area contributed by atoms with Crippen molar-refractivity contribution in [3.63, 3.8) is 0 Å². The van der Waals surface area contributed by atoms with Gasteiger partial charge in [-0.2, -0.15) is 13.2 Å². The second kappa shape index (κ2) is 3.76. The Morgan fingerprint density at radius 3 is 2.47 bits per heavy atom. The van der Waals surface area contributed by atoms with Crippen LogP contribution in [-0.4, -0.2) is 19.3 Å². The van der Waals surface area contributed by atoms with Gasteiger partial charge in [-0.15, -0.1) is 0 Å². The zero-order chi connectivity index (χ0) is 10.9. The van der Waals surface area contributed by atoms with Crippen LogP contribution in [-0.2, 0) is 0 Å². The van der Waals surface area contributed by atoms with Gasteiger partial charge < -0.3 is 4.90 Å². The van der Waals surface area contributed by atoms with Gasteiger partial charge in [0.2, 0.25) is 0 Å². The highest BCUT2D eigenvalue weighted by atomic mass is 19.4. The molecular formula is C11H11F3N. The zero-order valence-corrected chi connectivity index (χ0v) is 8.09. The molecule has 0 bridgehead atoms. The molecule has 1 nitrogen and oxygen atoms in total. The summed E-state index contributed by atoms with van der Waals surface area (Å²) < 4.78 is 37.3. The van der Waals surface area contributed by atoms with E-state index in [1.165, 1.54) is 0 Å². The van der Waals surface area contributed by atoms with Crippen LogP contribution in [0.5, 0.6) is 0 Å². The third-order valence-electron chi connectivity index (χ3n) is 2.72. The van der Waals surface area contributed by atoms with Crippen molar-refractivity contribution < 1.29 is 13.2 Å². The first-order valence-corrected chi connectivity index (χ1v) is 4.85. The number of hydrogen-bond donors (Lipinski definition) is 0. The van der Waals surface area contributed by atoms with Crippen LogP contribution in [0.25, 0.3) is 0 Å². The van der Waals surface area contributed by atoms with Gasteiger partial charge in [-0.3, -0.25) is 0 Å². The van der Waals surface area contributed by atoms with Gasteiger partial charge in [0.05, 0.1) is 5.92 Å². The number of nitrogens with zero attached hydrogens (tertiary/aromatic N) is 1. The van der Waals surface area contributed by atoms with Gasteiger partial charge in [-0.25, -0.2) is 0 Å². The smallest absolute Gasteiger partial charge is 0.371 e. The molecule has 2 rings (SSSR count). The van der Waals surface area contributed by atoms with E-state index in [1.807, 2.05) is 0 Å². The van der Waals surface area contributed by atoms with Gasteiger partial charge >= 0.3 is 6.18 Å². The summed E-state index contributed by atoms with van der Waals surface area (Å²) in [6.07, 6.45) is -3.86.